The highest BCUT2D eigenvalue weighted by molar-refractivity contribution is 5.41. The van der Waals surface area contributed by atoms with Gasteiger partial charge in [0.05, 0.1) is 0 Å². The van der Waals surface area contributed by atoms with Crippen molar-refractivity contribution in [1.82, 2.24) is 0 Å². The topological polar surface area (TPSA) is 22.9 Å². The summed E-state index contributed by atoms with van der Waals surface area (Å²) in [4.78, 5) is 0. The highest BCUT2D eigenvalue weighted by Crippen LogP contribution is 2.21. The zero-order valence-electron chi connectivity index (χ0n) is 6.65. The third kappa shape index (κ3) is 1.13. The third-order valence-electron chi connectivity index (χ3n) is 1.68. The van der Waals surface area contributed by atoms with Crippen molar-refractivity contribution in [2.45, 2.75) is 20.8 Å². The molecule has 0 saturated heterocycles. The summed E-state index contributed by atoms with van der Waals surface area (Å²) in [5.41, 5.74) is 3.38. The molecule has 1 aromatic rings. The molecule has 0 unspecified atom stereocenters. The van der Waals surface area contributed by atoms with Crippen molar-refractivity contribution in [2.24, 2.45) is 0 Å². The molecule has 1 heteroatoms. The number of hydrogen-bond acceptors (Lipinski definition) is 0. The van der Waals surface area contributed by atoms with Crippen molar-refractivity contribution in [3.05, 3.63) is 28.8 Å². The van der Waals surface area contributed by atoms with Gasteiger partial charge in [0.25, 0.3) is 5.75 Å². The summed E-state index contributed by atoms with van der Waals surface area (Å²) >= 11 is 0. The minimum absolute atomic E-state index is 0.672. The molecule has 0 fully saturated rings. The molecule has 0 aliphatic carbocycles. The van der Waals surface area contributed by atoms with E-state index in [0.717, 1.165) is 11.1 Å². The van der Waals surface area contributed by atoms with E-state index >= 15 is 0 Å². The second kappa shape index (κ2) is 2.33. The fourth-order valence-corrected chi connectivity index (χ4v) is 1.18. The van der Waals surface area contributed by atoms with Gasteiger partial charge in [-0.25, -0.2) is 0 Å². The summed E-state index contributed by atoms with van der Waals surface area (Å²) in [6.07, 6.45) is 0. The maximum Gasteiger partial charge on any atom is 0.259 e. The number of aryl methyl sites for hydroxylation is 3. The average Bonchev–Trinajstić information content (AvgIpc) is 1.82. The molecule has 0 aliphatic heterocycles. The van der Waals surface area contributed by atoms with E-state index in [1.165, 1.54) is 5.56 Å². The standard InChI is InChI=1S/C9H12O/c1-6-4-7(2)9(10)8(3)5-6/h4-5,10H,1-3H3/p+1. The van der Waals surface area contributed by atoms with Crippen LogP contribution in [0.15, 0.2) is 12.1 Å². The normalized spacial score (nSPS) is 9.90. The van der Waals surface area contributed by atoms with Gasteiger partial charge in [0.15, 0.2) is 0 Å². The molecule has 0 atom stereocenters. The highest BCUT2D eigenvalue weighted by atomic mass is 16.3. The first kappa shape index (κ1) is 7.13. The van der Waals surface area contributed by atoms with Gasteiger partial charge in [-0.15, -0.1) is 0 Å². The molecule has 0 radical (unpaired) electrons. The van der Waals surface area contributed by atoms with E-state index in [0.29, 0.717) is 5.75 Å². The summed E-state index contributed by atoms with van der Waals surface area (Å²) in [5, 5.41) is 7.54. The van der Waals surface area contributed by atoms with Crippen LogP contribution in [0, 0.1) is 20.8 Å². The zero-order chi connectivity index (χ0) is 7.72. The molecular weight excluding hydrogens is 124 g/mol. The van der Waals surface area contributed by atoms with Crippen LogP contribution in [0.1, 0.15) is 16.7 Å². The first-order valence-electron chi connectivity index (χ1n) is 3.40. The Labute approximate surface area is 61.3 Å². The maximum absolute atomic E-state index is 7.54. The van der Waals surface area contributed by atoms with E-state index in [4.69, 9.17) is 5.11 Å². The van der Waals surface area contributed by atoms with Crippen LogP contribution in [0.2, 0.25) is 0 Å². The summed E-state index contributed by atoms with van der Waals surface area (Å²) in [6, 6.07) is 4.07. The van der Waals surface area contributed by atoms with Crippen LogP contribution in [-0.2, 0) is 0 Å². The van der Waals surface area contributed by atoms with Gasteiger partial charge in [0.2, 0.25) is 0 Å². The summed E-state index contributed by atoms with van der Waals surface area (Å²) < 4.78 is 0. The van der Waals surface area contributed by atoms with Crippen molar-refractivity contribution in [2.75, 3.05) is 0 Å². The Morgan fingerprint density at radius 1 is 1.00 bits per heavy atom. The molecule has 0 aliphatic rings. The third-order valence-corrected chi connectivity index (χ3v) is 1.68. The quantitative estimate of drug-likeness (QED) is 0.488. The fourth-order valence-electron chi connectivity index (χ4n) is 1.18. The molecule has 10 heavy (non-hydrogen) atoms. The molecule has 0 bridgehead atoms. The van der Waals surface area contributed by atoms with Gasteiger partial charge in [-0.2, -0.15) is 0 Å². The predicted octanol–water partition coefficient (Wildman–Crippen LogP) is 2.05. The molecule has 0 aromatic heterocycles. The Bertz CT molecular complexity index is 228. The number of hydrogen-bond donors (Lipinski definition) is 0. The van der Waals surface area contributed by atoms with Gasteiger partial charge in [-0.1, -0.05) is 0 Å². The van der Waals surface area contributed by atoms with E-state index in [2.05, 4.69) is 6.92 Å². The Morgan fingerprint density at radius 2 is 1.40 bits per heavy atom. The van der Waals surface area contributed by atoms with Gasteiger partial charge < -0.3 is 5.11 Å². The molecule has 1 nitrogen and oxygen atoms in total. The van der Waals surface area contributed by atoms with Crippen LogP contribution >= 0.6 is 0 Å². The Kier molecular flexibility index (Phi) is 1.66. The molecule has 1 aromatic carbocycles. The molecule has 54 valence electrons. The Hall–Kier alpha value is -0.980. The lowest BCUT2D eigenvalue weighted by Gasteiger charge is -1.99. The van der Waals surface area contributed by atoms with E-state index in [9.17, 15) is 0 Å². The van der Waals surface area contributed by atoms with Gasteiger partial charge in [0.1, 0.15) is 0 Å². The van der Waals surface area contributed by atoms with E-state index in [1.807, 2.05) is 26.0 Å². The van der Waals surface area contributed by atoms with Gasteiger partial charge in [-0.05, 0) is 38.5 Å². The lowest BCUT2D eigenvalue weighted by Crippen LogP contribution is -1.81. The first-order valence-corrected chi connectivity index (χ1v) is 3.40. The van der Waals surface area contributed by atoms with Crippen LogP contribution in [0.3, 0.4) is 0 Å². The molecule has 0 saturated carbocycles. The first-order chi connectivity index (χ1) is 4.61. The van der Waals surface area contributed by atoms with Gasteiger partial charge in [0, 0.05) is 11.1 Å². The second-order valence-electron chi connectivity index (χ2n) is 2.77. The summed E-state index contributed by atoms with van der Waals surface area (Å²) in [5.74, 6) is 0.672. The molecule has 0 heterocycles. The minimum Gasteiger partial charge on any atom is -0.593 e. The van der Waals surface area contributed by atoms with Crippen LogP contribution < -0.4 is 0 Å². The van der Waals surface area contributed by atoms with E-state index in [1.54, 1.807) is 0 Å². The lowest BCUT2D eigenvalue weighted by atomic mass is 10.1. The molecule has 0 spiro atoms. The van der Waals surface area contributed by atoms with Crippen molar-refractivity contribution < 1.29 is 5.11 Å². The van der Waals surface area contributed by atoms with Crippen LogP contribution in [0.4, 0.5) is 0 Å². The largest absolute Gasteiger partial charge is 0.593 e. The molecular formula is C9H13O+. The van der Waals surface area contributed by atoms with E-state index < -0.39 is 0 Å². The molecule has 1 rings (SSSR count). The lowest BCUT2D eigenvalue weighted by molar-refractivity contribution is 0.466. The molecule has 2 N–H and O–H groups in total. The SMILES string of the molecule is Cc1cc(C)c([OH2+])c(C)c1. The van der Waals surface area contributed by atoms with Crippen molar-refractivity contribution in [3.63, 3.8) is 0 Å². The second-order valence-corrected chi connectivity index (χ2v) is 2.77. The average molecular weight is 137 g/mol. The van der Waals surface area contributed by atoms with Crippen LogP contribution in [0.5, 0.6) is 5.75 Å². The number of rotatable bonds is 0. The van der Waals surface area contributed by atoms with Crippen molar-refractivity contribution in [1.29, 1.82) is 0 Å². The van der Waals surface area contributed by atoms with Crippen molar-refractivity contribution in [3.8, 4) is 5.75 Å². The van der Waals surface area contributed by atoms with E-state index in [-0.39, 0.29) is 0 Å². The van der Waals surface area contributed by atoms with Crippen molar-refractivity contribution >= 4 is 0 Å². The fraction of sp³-hybridized carbons (Fsp3) is 0.333. The Balaban J connectivity index is 3.31. The van der Waals surface area contributed by atoms with Crippen LogP contribution in [-0.4, -0.2) is 5.11 Å². The predicted molar refractivity (Wildman–Crippen MR) is 43.7 cm³/mol. The van der Waals surface area contributed by atoms with Gasteiger partial charge in [-0.3, -0.25) is 0 Å². The monoisotopic (exact) mass is 137 g/mol. The maximum atomic E-state index is 7.54. The zero-order valence-corrected chi connectivity index (χ0v) is 6.65. The Morgan fingerprint density at radius 3 is 1.80 bits per heavy atom. The van der Waals surface area contributed by atoms with Crippen LogP contribution in [0.25, 0.3) is 0 Å². The smallest absolute Gasteiger partial charge is 0.259 e. The minimum atomic E-state index is 0.672. The summed E-state index contributed by atoms with van der Waals surface area (Å²) in [6.45, 7) is 6.00. The van der Waals surface area contributed by atoms with Gasteiger partial charge >= 0.3 is 0 Å². The summed E-state index contributed by atoms with van der Waals surface area (Å²) in [7, 11) is 0. The highest BCUT2D eigenvalue weighted by Gasteiger charge is 2.03. The number of benzene rings is 1. The molecule has 0 amide bonds.